The second-order valence-electron chi connectivity index (χ2n) is 5.33. The molecule has 0 aliphatic carbocycles. The van der Waals surface area contributed by atoms with Crippen molar-refractivity contribution in [2.45, 2.75) is 25.5 Å². The molecule has 1 aromatic rings. The highest BCUT2D eigenvalue weighted by atomic mass is 32.2. The number of amides is 1. The van der Waals surface area contributed by atoms with Gasteiger partial charge in [0, 0.05) is 31.5 Å². The van der Waals surface area contributed by atoms with Gasteiger partial charge >= 0.3 is 0 Å². The molecule has 1 aromatic carbocycles. The summed E-state index contributed by atoms with van der Waals surface area (Å²) in [6.45, 7) is 2.79. The van der Waals surface area contributed by atoms with Crippen LogP contribution in [0.2, 0.25) is 0 Å². The van der Waals surface area contributed by atoms with Crippen LogP contribution in [-0.4, -0.2) is 38.1 Å². The van der Waals surface area contributed by atoms with Crippen LogP contribution in [0.5, 0.6) is 0 Å². The molecule has 1 aliphatic rings. The Balaban J connectivity index is 1.99. The van der Waals surface area contributed by atoms with Gasteiger partial charge in [0.1, 0.15) is 10.7 Å². The summed E-state index contributed by atoms with van der Waals surface area (Å²) in [7, 11) is -2.45. The van der Waals surface area contributed by atoms with Crippen molar-refractivity contribution in [3.8, 4) is 0 Å². The number of hydrogen-bond donors (Lipinski definition) is 1. The van der Waals surface area contributed by atoms with Gasteiger partial charge in [-0.05, 0) is 18.4 Å². The van der Waals surface area contributed by atoms with Crippen molar-refractivity contribution >= 4 is 22.4 Å². The van der Waals surface area contributed by atoms with Crippen LogP contribution < -0.4 is 0 Å². The Bertz CT molecular complexity index is 591. The lowest BCUT2D eigenvalue weighted by molar-refractivity contribution is -0.130. The highest BCUT2D eigenvalue weighted by molar-refractivity contribution is 7.71. The van der Waals surface area contributed by atoms with E-state index in [4.69, 9.17) is 0 Å². The lowest BCUT2D eigenvalue weighted by Crippen LogP contribution is -2.39. The van der Waals surface area contributed by atoms with E-state index in [2.05, 4.69) is 0 Å². The topological polar surface area (TPSA) is 71.5 Å². The van der Waals surface area contributed by atoms with Crippen LogP contribution >= 0.6 is 0 Å². The van der Waals surface area contributed by atoms with Crippen LogP contribution in [0.15, 0.2) is 24.3 Å². The molecule has 0 saturated carbocycles. The van der Waals surface area contributed by atoms with Gasteiger partial charge in [-0.2, -0.15) is 0 Å². The number of carbonyl (C=O) groups excluding carboxylic acids is 2. The summed E-state index contributed by atoms with van der Waals surface area (Å²) >= 11 is 0. The molecular formula is C15H19NO4S. The number of piperidine rings is 1. The fraction of sp³-hybridized carbons (Fsp3) is 0.467. The highest BCUT2D eigenvalue weighted by Gasteiger charge is 2.26. The molecule has 1 saturated heterocycles. The zero-order valence-corrected chi connectivity index (χ0v) is 12.8. The molecule has 1 fully saturated rings. The fourth-order valence-corrected chi connectivity index (χ4v) is 3.12. The molecule has 0 unspecified atom stereocenters. The number of carbonyl (C=O) groups is 2. The van der Waals surface area contributed by atoms with Crippen molar-refractivity contribution in [1.29, 1.82) is 0 Å². The summed E-state index contributed by atoms with van der Waals surface area (Å²) in [4.78, 5) is 25.4. The minimum atomic E-state index is -2.45. The van der Waals surface area contributed by atoms with E-state index >= 15 is 0 Å². The summed E-state index contributed by atoms with van der Waals surface area (Å²) < 4.78 is 21.3. The Morgan fingerprint density at radius 3 is 2.19 bits per heavy atom. The third-order valence-corrected chi connectivity index (χ3v) is 4.48. The van der Waals surface area contributed by atoms with E-state index in [0.717, 1.165) is 0 Å². The minimum absolute atomic E-state index is 0.000798. The number of Topliss-reactive ketones (excluding diaryl/α,β-unsaturated/α-hetero) is 1. The van der Waals surface area contributed by atoms with Crippen molar-refractivity contribution < 1.29 is 18.0 Å². The number of rotatable bonds is 4. The molecular weight excluding hydrogens is 290 g/mol. The Hall–Kier alpha value is -1.69. The Kier molecular flexibility index (Phi) is 5.12. The SMILES string of the molecule is CC(=O)N1CCC(C(=O)c2ccc(C[SH](=O)=O)cc2)CC1. The number of benzene rings is 1. The van der Waals surface area contributed by atoms with Gasteiger partial charge in [-0.15, -0.1) is 0 Å². The largest absolute Gasteiger partial charge is 0.343 e. The summed E-state index contributed by atoms with van der Waals surface area (Å²) in [5, 5.41) is 0. The molecule has 0 aromatic heterocycles. The molecule has 0 spiro atoms. The van der Waals surface area contributed by atoms with Gasteiger partial charge < -0.3 is 4.90 Å². The molecule has 2 rings (SSSR count). The lowest BCUT2D eigenvalue weighted by Gasteiger charge is -2.30. The average molecular weight is 309 g/mol. The molecule has 0 atom stereocenters. The number of hydrogen-bond acceptors (Lipinski definition) is 4. The van der Waals surface area contributed by atoms with Crippen molar-refractivity contribution in [3.63, 3.8) is 0 Å². The predicted octanol–water partition coefficient (Wildman–Crippen LogP) is 1.24. The number of likely N-dealkylation sites (tertiary alicyclic amines) is 1. The van der Waals surface area contributed by atoms with Crippen molar-refractivity contribution in [2.75, 3.05) is 13.1 Å². The van der Waals surface area contributed by atoms with E-state index in [9.17, 15) is 18.0 Å². The molecule has 1 heterocycles. The number of ketones is 1. The van der Waals surface area contributed by atoms with Crippen molar-refractivity contribution in [2.24, 2.45) is 5.92 Å². The number of thiol groups is 1. The van der Waals surface area contributed by atoms with E-state index in [-0.39, 0.29) is 23.4 Å². The second kappa shape index (κ2) is 6.85. The third-order valence-electron chi connectivity index (χ3n) is 3.86. The first-order chi connectivity index (χ1) is 9.97. The van der Waals surface area contributed by atoms with Gasteiger partial charge in [0.25, 0.3) is 0 Å². The maximum atomic E-state index is 12.4. The quantitative estimate of drug-likeness (QED) is 0.671. The van der Waals surface area contributed by atoms with Crippen molar-refractivity contribution in [3.05, 3.63) is 35.4 Å². The predicted molar refractivity (Wildman–Crippen MR) is 79.8 cm³/mol. The fourth-order valence-electron chi connectivity index (χ4n) is 2.62. The molecule has 1 aliphatic heterocycles. The van der Waals surface area contributed by atoms with Crippen LogP contribution in [0.25, 0.3) is 0 Å². The first-order valence-corrected chi connectivity index (χ1v) is 8.34. The monoisotopic (exact) mass is 309 g/mol. The van der Waals surface area contributed by atoms with E-state index in [1.165, 1.54) is 0 Å². The van der Waals surface area contributed by atoms with Gasteiger partial charge in [0.05, 0.1) is 5.75 Å². The summed E-state index contributed by atoms with van der Waals surface area (Å²) in [5.74, 6) is 0.0803. The second-order valence-corrected chi connectivity index (χ2v) is 6.31. The van der Waals surface area contributed by atoms with E-state index in [1.807, 2.05) is 0 Å². The Morgan fingerprint density at radius 1 is 1.14 bits per heavy atom. The van der Waals surface area contributed by atoms with E-state index in [1.54, 1.807) is 36.1 Å². The van der Waals surface area contributed by atoms with Crippen LogP contribution in [0.4, 0.5) is 0 Å². The minimum Gasteiger partial charge on any atom is -0.343 e. The normalized spacial score (nSPS) is 16.2. The summed E-state index contributed by atoms with van der Waals surface area (Å²) in [6.07, 6.45) is 1.37. The van der Waals surface area contributed by atoms with Crippen LogP contribution in [-0.2, 0) is 21.3 Å². The standard InChI is InChI=1S/C15H19NO4S/c1-11(17)16-8-6-14(7-9-16)15(18)13-4-2-12(3-5-13)10-21(19)20/h2-5,14,21H,6-10H2,1H3. The van der Waals surface area contributed by atoms with Crippen LogP contribution in [0.1, 0.15) is 35.7 Å². The molecule has 6 heteroatoms. The third kappa shape index (κ3) is 4.14. The zero-order chi connectivity index (χ0) is 15.4. The van der Waals surface area contributed by atoms with Gasteiger partial charge in [-0.1, -0.05) is 24.3 Å². The van der Waals surface area contributed by atoms with Gasteiger partial charge in [0.15, 0.2) is 5.78 Å². The van der Waals surface area contributed by atoms with E-state index < -0.39 is 10.7 Å². The maximum Gasteiger partial charge on any atom is 0.219 e. The molecule has 0 radical (unpaired) electrons. The maximum absolute atomic E-state index is 12.4. The first-order valence-electron chi connectivity index (χ1n) is 6.98. The summed E-state index contributed by atoms with van der Waals surface area (Å²) in [5.41, 5.74) is 1.30. The first kappa shape index (κ1) is 15.7. The smallest absolute Gasteiger partial charge is 0.219 e. The van der Waals surface area contributed by atoms with Gasteiger partial charge in [-0.3, -0.25) is 9.59 Å². The summed E-state index contributed by atoms with van der Waals surface area (Å²) in [6, 6.07) is 6.74. The lowest BCUT2D eigenvalue weighted by atomic mass is 9.88. The van der Waals surface area contributed by atoms with Crippen LogP contribution in [0.3, 0.4) is 0 Å². The highest BCUT2D eigenvalue weighted by Crippen LogP contribution is 2.22. The van der Waals surface area contributed by atoms with Gasteiger partial charge in [0.2, 0.25) is 5.91 Å². The van der Waals surface area contributed by atoms with Crippen molar-refractivity contribution in [1.82, 2.24) is 4.90 Å². The molecule has 5 nitrogen and oxygen atoms in total. The molecule has 0 N–H and O–H groups in total. The zero-order valence-electron chi connectivity index (χ0n) is 11.9. The Labute approximate surface area is 125 Å². The molecule has 21 heavy (non-hydrogen) atoms. The van der Waals surface area contributed by atoms with E-state index in [0.29, 0.717) is 37.1 Å². The van der Waals surface area contributed by atoms with Crippen LogP contribution in [0, 0.1) is 5.92 Å². The molecule has 114 valence electrons. The molecule has 0 bridgehead atoms. The molecule has 1 amide bonds. The Morgan fingerprint density at radius 2 is 1.71 bits per heavy atom. The average Bonchev–Trinajstić information content (AvgIpc) is 2.47. The number of nitrogens with zero attached hydrogens (tertiary/aromatic N) is 1. The van der Waals surface area contributed by atoms with Gasteiger partial charge in [-0.25, -0.2) is 8.42 Å².